The van der Waals surface area contributed by atoms with Crippen LogP contribution < -0.4 is 9.46 Å². The van der Waals surface area contributed by atoms with Crippen LogP contribution in [0, 0.1) is 13.8 Å². The number of nitrogens with one attached hydrogen (secondary N) is 1. The Labute approximate surface area is 151 Å². The molecule has 132 valence electrons. The topological polar surface area (TPSA) is 73.2 Å². The van der Waals surface area contributed by atoms with Crippen molar-refractivity contribution in [1.29, 1.82) is 0 Å². The van der Waals surface area contributed by atoms with E-state index in [2.05, 4.69) is 9.71 Å². The van der Waals surface area contributed by atoms with Crippen LogP contribution in [0.4, 0.5) is 5.69 Å². The second kappa shape index (κ2) is 6.53. The number of hydrogen-bond donors (Lipinski definition) is 1. The normalized spacial score (nSPS) is 11.5. The van der Waals surface area contributed by atoms with Gasteiger partial charge in [0, 0.05) is 23.8 Å². The quantitative estimate of drug-likeness (QED) is 0.738. The van der Waals surface area contributed by atoms with Gasteiger partial charge in [-0.2, -0.15) is 0 Å². The highest BCUT2D eigenvalue weighted by molar-refractivity contribution is 7.92. The first-order valence-corrected chi connectivity index (χ1v) is 9.94. The summed E-state index contributed by atoms with van der Waals surface area (Å²) in [6.45, 7) is 3.69. The van der Waals surface area contributed by atoms with E-state index in [-0.39, 0.29) is 4.90 Å². The molecule has 0 aliphatic carbocycles. The summed E-state index contributed by atoms with van der Waals surface area (Å²) in [5, 5.41) is 2.74. The Morgan fingerprint density at radius 3 is 2.60 bits per heavy atom. The highest BCUT2D eigenvalue weighted by Gasteiger charge is 2.24. The Balaban J connectivity index is 2.03. The van der Waals surface area contributed by atoms with Gasteiger partial charge in [0.25, 0.3) is 10.0 Å². The van der Waals surface area contributed by atoms with Crippen LogP contribution in [-0.4, -0.2) is 25.1 Å². The number of nitrogens with zero attached hydrogens (tertiary/aromatic N) is 2. The molecule has 3 aromatic rings. The molecule has 1 N–H and O–H groups in total. The molecule has 0 fully saturated rings. The third-order valence-electron chi connectivity index (χ3n) is 3.97. The Morgan fingerprint density at radius 2 is 1.96 bits per heavy atom. The van der Waals surface area contributed by atoms with E-state index in [1.165, 1.54) is 18.4 Å². The van der Waals surface area contributed by atoms with E-state index in [4.69, 9.17) is 4.74 Å². The molecule has 0 saturated carbocycles. The lowest BCUT2D eigenvalue weighted by Gasteiger charge is -2.11. The van der Waals surface area contributed by atoms with Gasteiger partial charge in [-0.1, -0.05) is 12.1 Å². The zero-order valence-electron chi connectivity index (χ0n) is 14.4. The number of aryl methyl sites for hydroxylation is 1. The number of thiazole rings is 1. The molecule has 0 bridgehead atoms. The van der Waals surface area contributed by atoms with Crippen LogP contribution >= 0.6 is 11.3 Å². The van der Waals surface area contributed by atoms with Gasteiger partial charge in [-0.3, -0.25) is 4.72 Å². The number of methoxy groups -OCH3 is 1. The first-order valence-electron chi connectivity index (χ1n) is 7.58. The van der Waals surface area contributed by atoms with Gasteiger partial charge >= 0.3 is 0 Å². The van der Waals surface area contributed by atoms with Crippen LogP contribution in [0.15, 0.2) is 40.6 Å². The molecule has 0 radical (unpaired) electrons. The number of rotatable bonds is 5. The van der Waals surface area contributed by atoms with Crippen LogP contribution in [-0.2, 0) is 17.1 Å². The van der Waals surface area contributed by atoms with Gasteiger partial charge in [0.15, 0.2) is 0 Å². The number of aromatic nitrogens is 2. The summed E-state index contributed by atoms with van der Waals surface area (Å²) < 4.78 is 35.5. The fraction of sp³-hybridized carbons (Fsp3) is 0.235. The lowest BCUT2D eigenvalue weighted by molar-refractivity contribution is 0.417. The first kappa shape index (κ1) is 17.5. The first-order chi connectivity index (χ1) is 11.8. The van der Waals surface area contributed by atoms with Crippen molar-refractivity contribution < 1.29 is 13.2 Å². The third-order valence-corrected chi connectivity index (χ3v) is 6.43. The molecule has 25 heavy (non-hydrogen) atoms. The van der Waals surface area contributed by atoms with Crippen molar-refractivity contribution in [3.05, 3.63) is 47.1 Å². The fourth-order valence-electron chi connectivity index (χ4n) is 2.55. The summed E-state index contributed by atoms with van der Waals surface area (Å²) in [6.07, 6.45) is 0. The molecule has 1 aromatic carbocycles. The number of sulfonamides is 1. The molecule has 0 spiro atoms. The predicted octanol–water partition coefficient (Wildman–Crippen LogP) is 3.57. The minimum atomic E-state index is -3.75. The Bertz CT molecular complexity index is 1020. The maximum Gasteiger partial charge on any atom is 0.263 e. The number of anilines is 1. The summed E-state index contributed by atoms with van der Waals surface area (Å²) in [7, 11) is -0.413. The Hall–Kier alpha value is -2.32. The molecule has 0 unspecified atom stereocenters. The highest BCUT2D eigenvalue weighted by atomic mass is 32.2. The van der Waals surface area contributed by atoms with Gasteiger partial charge < -0.3 is 9.30 Å². The van der Waals surface area contributed by atoms with Gasteiger partial charge in [0.1, 0.15) is 15.7 Å². The van der Waals surface area contributed by atoms with Crippen molar-refractivity contribution in [3.8, 4) is 16.5 Å². The van der Waals surface area contributed by atoms with E-state index in [9.17, 15) is 8.42 Å². The fourth-order valence-corrected chi connectivity index (χ4v) is 4.76. The molecule has 0 amide bonds. The van der Waals surface area contributed by atoms with Gasteiger partial charge in [-0.15, -0.1) is 11.3 Å². The number of para-hydroxylation sites is 2. The van der Waals surface area contributed by atoms with Gasteiger partial charge in [-0.25, -0.2) is 13.4 Å². The highest BCUT2D eigenvalue weighted by Crippen LogP contribution is 2.32. The molecular formula is C17H19N3O3S2. The molecule has 8 heteroatoms. The van der Waals surface area contributed by atoms with Crippen LogP contribution in [0.1, 0.15) is 11.4 Å². The SMILES string of the molecule is COc1ccccc1NS(=O)(=O)c1cc(-c2nc(C)cs2)n(C)c1C. The summed E-state index contributed by atoms with van der Waals surface area (Å²) in [5.41, 5.74) is 2.73. The monoisotopic (exact) mass is 377 g/mol. The van der Waals surface area contributed by atoms with Crippen molar-refractivity contribution in [3.63, 3.8) is 0 Å². The Morgan fingerprint density at radius 1 is 1.24 bits per heavy atom. The molecule has 6 nitrogen and oxygen atoms in total. The van der Waals surface area contributed by atoms with Gasteiger partial charge in [0.2, 0.25) is 0 Å². The second-order valence-electron chi connectivity index (χ2n) is 5.64. The third kappa shape index (κ3) is 3.27. The molecule has 0 saturated heterocycles. The predicted molar refractivity (Wildman–Crippen MR) is 99.8 cm³/mol. The molecule has 0 aliphatic heterocycles. The minimum absolute atomic E-state index is 0.226. The molecule has 2 heterocycles. The van der Waals surface area contributed by atoms with Crippen molar-refractivity contribution >= 4 is 27.0 Å². The molecule has 0 atom stereocenters. The molecule has 2 aromatic heterocycles. The van der Waals surface area contributed by atoms with E-state index in [0.29, 0.717) is 17.1 Å². The lowest BCUT2D eigenvalue weighted by atomic mass is 10.3. The molecule has 0 aliphatic rings. The lowest BCUT2D eigenvalue weighted by Crippen LogP contribution is -2.14. The van der Waals surface area contributed by atoms with Crippen LogP contribution in [0.2, 0.25) is 0 Å². The second-order valence-corrected chi connectivity index (χ2v) is 8.15. The van der Waals surface area contributed by atoms with E-state index < -0.39 is 10.0 Å². The molecule has 3 rings (SSSR count). The van der Waals surface area contributed by atoms with E-state index in [0.717, 1.165) is 16.4 Å². The number of hydrogen-bond acceptors (Lipinski definition) is 5. The van der Waals surface area contributed by atoms with Crippen LogP contribution in [0.3, 0.4) is 0 Å². The summed E-state index contributed by atoms with van der Waals surface area (Å²) in [5.74, 6) is 0.468. The average molecular weight is 377 g/mol. The maximum absolute atomic E-state index is 12.9. The summed E-state index contributed by atoms with van der Waals surface area (Å²) in [4.78, 5) is 4.68. The standard InChI is InChI=1S/C17H19N3O3S2/c1-11-10-24-17(18-11)14-9-16(12(2)20(14)3)25(21,22)19-13-7-5-6-8-15(13)23-4/h5-10,19H,1-4H3. The summed E-state index contributed by atoms with van der Waals surface area (Å²) >= 11 is 1.49. The van der Waals surface area contributed by atoms with Crippen molar-refractivity contribution in [2.75, 3.05) is 11.8 Å². The minimum Gasteiger partial charge on any atom is -0.495 e. The van der Waals surface area contributed by atoms with E-state index in [1.807, 2.05) is 23.9 Å². The smallest absolute Gasteiger partial charge is 0.263 e. The van der Waals surface area contributed by atoms with Gasteiger partial charge in [-0.05, 0) is 32.0 Å². The van der Waals surface area contributed by atoms with Crippen LogP contribution in [0.25, 0.3) is 10.7 Å². The van der Waals surface area contributed by atoms with Crippen molar-refractivity contribution in [1.82, 2.24) is 9.55 Å². The van der Waals surface area contributed by atoms with Crippen molar-refractivity contribution in [2.24, 2.45) is 7.05 Å². The number of benzene rings is 1. The van der Waals surface area contributed by atoms with Crippen LogP contribution in [0.5, 0.6) is 5.75 Å². The maximum atomic E-state index is 12.9. The van der Waals surface area contributed by atoms with Gasteiger partial charge in [0.05, 0.1) is 18.5 Å². The van der Waals surface area contributed by atoms with Crippen molar-refractivity contribution in [2.45, 2.75) is 18.7 Å². The molecular weight excluding hydrogens is 358 g/mol. The number of ether oxygens (including phenoxy) is 1. The van der Waals surface area contributed by atoms with E-state index in [1.54, 1.807) is 37.3 Å². The largest absolute Gasteiger partial charge is 0.495 e. The average Bonchev–Trinajstić information content (AvgIpc) is 3.12. The summed E-state index contributed by atoms with van der Waals surface area (Å²) in [6, 6.07) is 8.57. The Kier molecular flexibility index (Phi) is 4.57. The zero-order valence-corrected chi connectivity index (χ0v) is 16.0. The zero-order chi connectivity index (χ0) is 18.2. The van der Waals surface area contributed by atoms with E-state index >= 15 is 0 Å².